The van der Waals surface area contributed by atoms with E-state index >= 15 is 0 Å². The van der Waals surface area contributed by atoms with Gasteiger partial charge in [-0.05, 0) is 40.3 Å². The lowest BCUT2D eigenvalue weighted by Crippen LogP contribution is -2.40. The fourth-order valence-corrected chi connectivity index (χ4v) is 2.54. The van der Waals surface area contributed by atoms with Gasteiger partial charge >= 0.3 is 0 Å². The van der Waals surface area contributed by atoms with E-state index < -0.39 is 0 Å². The SMILES string of the molecule is CNCc1cnn(C2CCCN(C(C)C)C2)c1. The van der Waals surface area contributed by atoms with Crippen LogP contribution in [0.5, 0.6) is 0 Å². The average Bonchev–Trinajstić information content (AvgIpc) is 2.78. The van der Waals surface area contributed by atoms with E-state index in [2.05, 4.69) is 40.0 Å². The Kier molecular flexibility index (Phi) is 4.18. The molecule has 0 aromatic carbocycles. The minimum Gasteiger partial charge on any atom is -0.316 e. The quantitative estimate of drug-likeness (QED) is 0.863. The van der Waals surface area contributed by atoms with E-state index in [1.54, 1.807) is 0 Å². The normalized spacial score (nSPS) is 22.2. The minimum atomic E-state index is 0.553. The summed E-state index contributed by atoms with van der Waals surface area (Å²) in [5.74, 6) is 0. The van der Waals surface area contributed by atoms with E-state index in [1.165, 1.54) is 24.9 Å². The van der Waals surface area contributed by atoms with Crippen molar-refractivity contribution < 1.29 is 0 Å². The van der Waals surface area contributed by atoms with Crippen molar-refractivity contribution in [2.75, 3.05) is 20.1 Å². The van der Waals surface area contributed by atoms with Crippen molar-refractivity contribution in [1.29, 1.82) is 0 Å². The summed E-state index contributed by atoms with van der Waals surface area (Å²) >= 11 is 0. The summed E-state index contributed by atoms with van der Waals surface area (Å²) < 4.78 is 2.15. The second kappa shape index (κ2) is 5.65. The van der Waals surface area contributed by atoms with E-state index in [9.17, 15) is 0 Å². The Morgan fingerprint density at radius 3 is 3.06 bits per heavy atom. The molecule has 1 saturated heterocycles. The summed E-state index contributed by atoms with van der Waals surface area (Å²) in [7, 11) is 1.97. The number of hydrogen-bond acceptors (Lipinski definition) is 3. The van der Waals surface area contributed by atoms with Gasteiger partial charge < -0.3 is 5.32 Å². The van der Waals surface area contributed by atoms with Crippen LogP contribution in [-0.2, 0) is 6.54 Å². The van der Waals surface area contributed by atoms with Crippen LogP contribution in [0.3, 0.4) is 0 Å². The van der Waals surface area contributed by atoms with Crippen LogP contribution in [0.1, 0.15) is 38.3 Å². The lowest BCUT2D eigenvalue weighted by Gasteiger charge is -2.35. The zero-order chi connectivity index (χ0) is 12.3. The lowest BCUT2D eigenvalue weighted by atomic mass is 10.0. The number of nitrogens with zero attached hydrogens (tertiary/aromatic N) is 3. The number of aromatic nitrogens is 2. The first-order valence-corrected chi connectivity index (χ1v) is 6.62. The predicted molar refractivity (Wildman–Crippen MR) is 70.0 cm³/mol. The molecule has 0 spiro atoms. The van der Waals surface area contributed by atoms with Gasteiger partial charge in [-0.2, -0.15) is 5.10 Å². The monoisotopic (exact) mass is 236 g/mol. The van der Waals surface area contributed by atoms with Gasteiger partial charge in [-0.1, -0.05) is 0 Å². The zero-order valence-electron chi connectivity index (χ0n) is 11.2. The molecule has 0 amide bonds. The largest absolute Gasteiger partial charge is 0.316 e. The first kappa shape index (κ1) is 12.6. The van der Waals surface area contributed by atoms with Gasteiger partial charge in [0.05, 0.1) is 12.2 Å². The fraction of sp³-hybridized carbons (Fsp3) is 0.769. The summed E-state index contributed by atoms with van der Waals surface area (Å²) in [5.41, 5.74) is 1.27. The molecule has 1 N–H and O–H groups in total. The second-order valence-corrected chi connectivity index (χ2v) is 5.24. The molecule has 1 aromatic rings. The molecule has 1 fully saturated rings. The molecule has 2 rings (SSSR count). The first-order valence-electron chi connectivity index (χ1n) is 6.62. The summed E-state index contributed by atoms with van der Waals surface area (Å²) in [5, 5.41) is 7.67. The van der Waals surface area contributed by atoms with Crippen LogP contribution in [0.2, 0.25) is 0 Å². The van der Waals surface area contributed by atoms with Crippen molar-refractivity contribution >= 4 is 0 Å². The van der Waals surface area contributed by atoms with E-state index in [-0.39, 0.29) is 0 Å². The van der Waals surface area contributed by atoms with Crippen LogP contribution < -0.4 is 5.32 Å². The highest BCUT2D eigenvalue weighted by atomic mass is 15.3. The molecule has 4 nitrogen and oxygen atoms in total. The summed E-state index contributed by atoms with van der Waals surface area (Å²) in [6.07, 6.45) is 6.70. The standard InChI is InChI=1S/C13H24N4/c1-11(2)16-6-4-5-13(10-16)17-9-12(7-14-3)8-15-17/h8-9,11,13-14H,4-7,10H2,1-3H3. The Bertz CT molecular complexity index is 345. The lowest BCUT2D eigenvalue weighted by molar-refractivity contribution is 0.137. The molecule has 1 aromatic heterocycles. The third-order valence-electron chi connectivity index (χ3n) is 3.57. The second-order valence-electron chi connectivity index (χ2n) is 5.24. The maximum Gasteiger partial charge on any atom is 0.0646 e. The van der Waals surface area contributed by atoms with E-state index in [0.717, 1.165) is 13.1 Å². The van der Waals surface area contributed by atoms with Gasteiger partial charge in [-0.3, -0.25) is 9.58 Å². The molecule has 1 aliphatic rings. The number of piperidine rings is 1. The number of nitrogens with one attached hydrogen (secondary N) is 1. The van der Waals surface area contributed by atoms with Gasteiger partial charge in [-0.25, -0.2) is 0 Å². The van der Waals surface area contributed by atoms with E-state index in [4.69, 9.17) is 0 Å². The van der Waals surface area contributed by atoms with Gasteiger partial charge in [0.15, 0.2) is 0 Å². The van der Waals surface area contributed by atoms with Gasteiger partial charge in [-0.15, -0.1) is 0 Å². The van der Waals surface area contributed by atoms with Crippen LogP contribution >= 0.6 is 0 Å². The number of likely N-dealkylation sites (tertiary alicyclic amines) is 1. The van der Waals surface area contributed by atoms with E-state index in [1.807, 2.05) is 13.2 Å². The molecule has 17 heavy (non-hydrogen) atoms. The maximum atomic E-state index is 4.50. The third-order valence-corrected chi connectivity index (χ3v) is 3.57. The maximum absolute atomic E-state index is 4.50. The van der Waals surface area contributed by atoms with Crippen molar-refractivity contribution in [3.63, 3.8) is 0 Å². The van der Waals surface area contributed by atoms with Gasteiger partial charge in [0, 0.05) is 30.9 Å². The smallest absolute Gasteiger partial charge is 0.0646 e. The Balaban J connectivity index is 2.00. The molecular formula is C13H24N4. The van der Waals surface area contributed by atoms with Crippen LogP contribution in [0.15, 0.2) is 12.4 Å². The molecule has 0 aliphatic carbocycles. The van der Waals surface area contributed by atoms with Crippen molar-refractivity contribution in [3.05, 3.63) is 18.0 Å². The van der Waals surface area contributed by atoms with Crippen molar-refractivity contribution in [2.45, 2.75) is 45.3 Å². The summed E-state index contributed by atoms with van der Waals surface area (Å²) in [4.78, 5) is 2.55. The molecule has 96 valence electrons. The molecule has 1 unspecified atom stereocenters. The average molecular weight is 236 g/mol. The molecular weight excluding hydrogens is 212 g/mol. The molecule has 2 heterocycles. The highest BCUT2D eigenvalue weighted by Crippen LogP contribution is 2.22. The predicted octanol–water partition coefficient (Wildman–Crippen LogP) is 1.65. The fourth-order valence-electron chi connectivity index (χ4n) is 2.54. The van der Waals surface area contributed by atoms with Gasteiger partial charge in [0.25, 0.3) is 0 Å². The Hall–Kier alpha value is -0.870. The molecule has 4 heteroatoms. The highest BCUT2D eigenvalue weighted by Gasteiger charge is 2.23. The third kappa shape index (κ3) is 3.07. The molecule has 0 radical (unpaired) electrons. The number of rotatable bonds is 4. The van der Waals surface area contributed by atoms with Crippen molar-refractivity contribution in [2.24, 2.45) is 0 Å². The van der Waals surface area contributed by atoms with Crippen LogP contribution in [0.4, 0.5) is 0 Å². The topological polar surface area (TPSA) is 33.1 Å². The minimum absolute atomic E-state index is 0.553. The molecule has 1 atom stereocenters. The summed E-state index contributed by atoms with van der Waals surface area (Å²) in [6.45, 7) is 7.83. The summed E-state index contributed by atoms with van der Waals surface area (Å²) in [6, 6.07) is 1.20. The van der Waals surface area contributed by atoms with Gasteiger partial charge in [0.2, 0.25) is 0 Å². The zero-order valence-corrected chi connectivity index (χ0v) is 11.2. The van der Waals surface area contributed by atoms with Gasteiger partial charge in [0.1, 0.15) is 0 Å². The molecule has 0 saturated carbocycles. The highest BCUT2D eigenvalue weighted by molar-refractivity contribution is 5.04. The van der Waals surface area contributed by atoms with Crippen LogP contribution in [0.25, 0.3) is 0 Å². The van der Waals surface area contributed by atoms with Crippen molar-refractivity contribution in [3.8, 4) is 0 Å². The molecule has 1 aliphatic heterocycles. The first-order chi connectivity index (χ1) is 8.20. The number of hydrogen-bond donors (Lipinski definition) is 1. The van der Waals surface area contributed by atoms with Crippen LogP contribution in [-0.4, -0.2) is 40.9 Å². The Morgan fingerprint density at radius 1 is 1.53 bits per heavy atom. The Morgan fingerprint density at radius 2 is 2.35 bits per heavy atom. The van der Waals surface area contributed by atoms with Crippen LogP contribution in [0, 0.1) is 0 Å². The van der Waals surface area contributed by atoms with Crippen molar-refractivity contribution in [1.82, 2.24) is 20.0 Å². The molecule has 0 bridgehead atoms. The van der Waals surface area contributed by atoms with E-state index in [0.29, 0.717) is 12.1 Å². The Labute approximate surface area is 104 Å².